The first-order chi connectivity index (χ1) is 12.0. The van der Waals surface area contributed by atoms with Gasteiger partial charge >= 0.3 is 0 Å². The standard InChI is InChI=1S/C20H24N2O3/c1-5-16-6-9-18(10-7-16)25-13-20(23)22-21-12-17-8-11-19(24-4)15(3)14(17)2/h6-12H,5,13H2,1-4H3,(H,22,23). The SMILES string of the molecule is CCc1ccc(OCC(=O)NN=Cc2ccc(OC)c(C)c2C)cc1. The van der Waals surface area contributed by atoms with Gasteiger partial charge in [0.15, 0.2) is 6.61 Å². The van der Waals surface area contributed by atoms with E-state index in [2.05, 4.69) is 17.5 Å². The first-order valence-corrected chi connectivity index (χ1v) is 8.23. The molecule has 25 heavy (non-hydrogen) atoms. The summed E-state index contributed by atoms with van der Waals surface area (Å²) in [5.41, 5.74) is 6.74. The van der Waals surface area contributed by atoms with Gasteiger partial charge < -0.3 is 9.47 Å². The molecule has 0 atom stereocenters. The zero-order valence-corrected chi connectivity index (χ0v) is 15.1. The Balaban J connectivity index is 1.87. The number of aryl methyl sites for hydroxylation is 1. The van der Waals surface area contributed by atoms with E-state index < -0.39 is 0 Å². The lowest BCUT2D eigenvalue weighted by Crippen LogP contribution is -2.24. The lowest BCUT2D eigenvalue weighted by Gasteiger charge is -2.09. The van der Waals surface area contributed by atoms with E-state index in [0.29, 0.717) is 5.75 Å². The molecular formula is C20H24N2O3. The third-order valence-corrected chi connectivity index (χ3v) is 4.09. The van der Waals surface area contributed by atoms with Crippen LogP contribution in [0.4, 0.5) is 0 Å². The third kappa shape index (κ3) is 5.08. The monoisotopic (exact) mass is 340 g/mol. The van der Waals surface area contributed by atoms with Crippen LogP contribution in [-0.4, -0.2) is 25.8 Å². The minimum atomic E-state index is -0.307. The Morgan fingerprint density at radius 1 is 1.12 bits per heavy atom. The van der Waals surface area contributed by atoms with Crippen molar-refractivity contribution in [1.29, 1.82) is 0 Å². The molecule has 132 valence electrons. The van der Waals surface area contributed by atoms with Crippen molar-refractivity contribution in [3.05, 3.63) is 58.7 Å². The van der Waals surface area contributed by atoms with Gasteiger partial charge in [0, 0.05) is 0 Å². The van der Waals surface area contributed by atoms with Crippen LogP contribution in [0.3, 0.4) is 0 Å². The van der Waals surface area contributed by atoms with Crippen LogP contribution in [0.1, 0.15) is 29.2 Å². The van der Waals surface area contributed by atoms with Gasteiger partial charge in [0.2, 0.25) is 0 Å². The molecule has 0 saturated heterocycles. The number of carbonyl (C=O) groups excluding carboxylic acids is 1. The molecule has 5 heteroatoms. The van der Waals surface area contributed by atoms with Gasteiger partial charge in [-0.25, -0.2) is 5.43 Å². The lowest BCUT2D eigenvalue weighted by molar-refractivity contribution is -0.123. The van der Waals surface area contributed by atoms with Gasteiger partial charge in [-0.05, 0) is 66.8 Å². The molecule has 1 amide bonds. The topological polar surface area (TPSA) is 59.9 Å². The van der Waals surface area contributed by atoms with Crippen LogP contribution in [0, 0.1) is 13.8 Å². The first-order valence-electron chi connectivity index (χ1n) is 8.23. The van der Waals surface area contributed by atoms with E-state index in [0.717, 1.165) is 28.9 Å². The molecule has 1 N–H and O–H groups in total. The minimum Gasteiger partial charge on any atom is -0.496 e. The summed E-state index contributed by atoms with van der Waals surface area (Å²) < 4.78 is 10.7. The molecule has 0 aliphatic carbocycles. The van der Waals surface area contributed by atoms with Gasteiger partial charge in [-0.15, -0.1) is 0 Å². The first kappa shape index (κ1) is 18.5. The summed E-state index contributed by atoms with van der Waals surface area (Å²) in [5, 5.41) is 3.99. The van der Waals surface area contributed by atoms with E-state index in [9.17, 15) is 4.79 Å². The predicted octanol–water partition coefficient (Wildman–Crippen LogP) is 3.40. The molecule has 0 radical (unpaired) electrons. The molecule has 0 bridgehead atoms. The van der Waals surface area contributed by atoms with Gasteiger partial charge in [-0.3, -0.25) is 4.79 Å². The van der Waals surface area contributed by atoms with Crippen molar-refractivity contribution < 1.29 is 14.3 Å². The number of benzene rings is 2. The zero-order chi connectivity index (χ0) is 18.2. The fourth-order valence-electron chi connectivity index (χ4n) is 2.35. The van der Waals surface area contributed by atoms with Crippen molar-refractivity contribution in [2.24, 2.45) is 5.10 Å². The number of hydrogen-bond acceptors (Lipinski definition) is 4. The molecule has 0 aliphatic rings. The van der Waals surface area contributed by atoms with Crippen molar-refractivity contribution in [1.82, 2.24) is 5.43 Å². The number of hydrazone groups is 1. The molecule has 0 unspecified atom stereocenters. The van der Waals surface area contributed by atoms with Gasteiger partial charge in [0.25, 0.3) is 5.91 Å². The van der Waals surface area contributed by atoms with E-state index in [1.165, 1.54) is 5.56 Å². The Morgan fingerprint density at radius 2 is 1.84 bits per heavy atom. The van der Waals surface area contributed by atoms with E-state index in [1.807, 2.05) is 50.2 Å². The molecule has 0 saturated carbocycles. The van der Waals surface area contributed by atoms with Crippen LogP contribution in [0.5, 0.6) is 11.5 Å². The average Bonchev–Trinajstić information content (AvgIpc) is 2.64. The molecule has 0 fully saturated rings. The fraction of sp³-hybridized carbons (Fsp3) is 0.300. The zero-order valence-electron chi connectivity index (χ0n) is 15.1. The van der Waals surface area contributed by atoms with Crippen LogP contribution in [0.2, 0.25) is 0 Å². The van der Waals surface area contributed by atoms with E-state index >= 15 is 0 Å². The number of nitrogens with one attached hydrogen (secondary N) is 1. The Hall–Kier alpha value is -2.82. The second-order valence-electron chi connectivity index (χ2n) is 5.69. The Morgan fingerprint density at radius 3 is 2.48 bits per heavy atom. The van der Waals surface area contributed by atoms with Gasteiger partial charge in [-0.2, -0.15) is 5.10 Å². The number of rotatable bonds is 7. The fourth-order valence-corrected chi connectivity index (χ4v) is 2.35. The number of ether oxygens (including phenoxy) is 2. The maximum atomic E-state index is 11.8. The summed E-state index contributed by atoms with van der Waals surface area (Å²) in [4.78, 5) is 11.8. The normalized spacial score (nSPS) is 10.7. The Labute approximate surface area is 148 Å². The van der Waals surface area contributed by atoms with Crippen molar-refractivity contribution in [2.75, 3.05) is 13.7 Å². The molecule has 0 heterocycles. The highest BCUT2D eigenvalue weighted by Gasteiger charge is 2.05. The second-order valence-corrected chi connectivity index (χ2v) is 5.69. The molecular weight excluding hydrogens is 316 g/mol. The van der Waals surface area contributed by atoms with Crippen LogP contribution in [-0.2, 0) is 11.2 Å². The van der Waals surface area contributed by atoms with Gasteiger partial charge in [0.1, 0.15) is 11.5 Å². The summed E-state index contributed by atoms with van der Waals surface area (Å²) in [6.45, 7) is 5.99. The molecule has 0 aliphatic heterocycles. The summed E-state index contributed by atoms with van der Waals surface area (Å²) >= 11 is 0. The summed E-state index contributed by atoms with van der Waals surface area (Å²) in [6, 6.07) is 11.5. The highest BCUT2D eigenvalue weighted by Crippen LogP contribution is 2.22. The van der Waals surface area contributed by atoms with Crippen LogP contribution < -0.4 is 14.9 Å². The van der Waals surface area contributed by atoms with Crippen LogP contribution in [0.25, 0.3) is 0 Å². The number of methoxy groups -OCH3 is 1. The number of carbonyl (C=O) groups is 1. The molecule has 2 rings (SSSR count). The van der Waals surface area contributed by atoms with Crippen LogP contribution >= 0.6 is 0 Å². The number of amides is 1. The van der Waals surface area contributed by atoms with Crippen molar-refractivity contribution >= 4 is 12.1 Å². The predicted molar refractivity (Wildman–Crippen MR) is 99.5 cm³/mol. The van der Waals surface area contributed by atoms with E-state index in [4.69, 9.17) is 9.47 Å². The lowest BCUT2D eigenvalue weighted by atomic mass is 10.0. The molecule has 2 aromatic rings. The van der Waals surface area contributed by atoms with Gasteiger partial charge in [-0.1, -0.05) is 19.1 Å². The molecule has 0 spiro atoms. The summed E-state index contributed by atoms with van der Waals surface area (Å²) in [7, 11) is 1.64. The molecule has 2 aromatic carbocycles. The Bertz CT molecular complexity index is 752. The maximum absolute atomic E-state index is 11.8. The quantitative estimate of drug-likeness (QED) is 0.621. The smallest absolute Gasteiger partial charge is 0.277 e. The largest absolute Gasteiger partial charge is 0.496 e. The highest BCUT2D eigenvalue weighted by molar-refractivity contribution is 5.85. The number of nitrogens with zero attached hydrogens (tertiary/aromatic N) is 1. The average molecular weight is 340 g/mol. The highest BCUT2D eigenvalue weighted by atomic mass is 16.5. The van der Waals surface area contributed by atoms with Gasteiger partial charge in [0.05, 0.1) is 13.3 Å². The third-order valence-electron chi connectivity index (χ3n) is 4.09. The summed E-state index contributed by atoms with van der Waals surface area (Å²) in [6.07, 6.45) is 2.59. The van der Waals surface area contributed by atoms with E-state index in [-0.39, 0.29) is 12.5 Å². The van der Waals surface area contributed by atoms with Crippen LogP contribution in [0.15, 0.2) is 41.5 Å². The van der Waals surface area contributed by atoms with Crippen molar-refractivity contribution in [2.45, 2.75) is 27.2 Å². The summed E-state index contributed by atoms with van der Waals surface area (Å²) in [5.74, 6) is 1.19. The Kier molecular flexibility index (Phi) is 6.57. The second kappa shape index (κ2) is 8.87. The molecule has 5 nitrogen and oxygen atoms in total. The maximum Gasteiger partial charge on any atom is 0.277 e. The number of hydrogen-bond donors (Lipinski definition) is 1. The van der Waals surface area contributed by atoms with Crippen molar-refractivity contribution in [3.63, 3.8) is 0 Å². The molecule has 0 aromatic heterocycles. The van der Waals surface area contributed by atoms with Crippen molar-refractivity contribution in [3.8, 4) is 11.5 Å². The minimum absolute atomic E-state index is 0.0799. The van der Waals surface area contributed by atoms with E-state index in [1.54, 1.807) is 13.3 Å².